The summed E-state index contributed by atoms with van der Waals surface area (Å²) >= 11 is 5.61. The van der Waals surface area contributed by atoms with Crippen LogP contribution in [0.1, 0.15) is 5.56 Å². The Labute approximate surface area is 82.0 Å². The molecule has 0 atom stereocenters. The summed E-state index contributed by atoms with van der Waals surface area (Å²) in [5.74, 6) is 0. The smallest absolute Gasteiger partial charge is 0.129 e. The monoisotopic (exact) mass is 195 g/mol. The first-order valence-electron chi connectivity index (χ1n) is 3.78. The molecule has 0 fully saturated rings. The Morgan fingerprint density at radius 1 is 1.62 bits per heavy atom. The van der Waals surface area contributed by atoms with Gasteiger partial charge in [0, 0.05) is 18.8 Å². The summed E-state index contributed by atoms with van der Waals surface area (Å²) in [5.41, 5.74) is 1.15. The molecule has 0 saturated heterocycles. The summed E-state index contributed by atoms with van der Waals surface area (Å²) in [6.45, 7) is 0. The van der Waals surface area contributed by atoms with E-state index in [9.17, 15) is 0 Å². The number of allylic oxidation sites excluding steroid dienone is 1. The summed E-state index contributed by atoms with van der Waals surface area (Å²) in [6, 6.07) is 3.43. The summed E-state index contributed by atoms with van der Waals surface area (Å²) in [7, 11) is 1.78. The molecule has 68 valence electrons. The highest BCUT2D eigenvalue weighted by molar-refractivity contribution is 6.29. The molecular formula is C9H10ClN3. The minimum atomic E-state index is 0.401. The zero-order valence-electron chi connectivity index (χ0n) is 7.21. The average molecular weight is 196 g/mol. The van der Waals surface area contributed by atoms with E-state index in [0.29, 0.717) is 10.9 Å². The van der Waals surface area contributed by atoms with Crippen LogP contribution in [0.3, 0.4) is 0 Å². The number of pyridine rings is 1. The second kappa shape index (κ2) is 4.62. The molecule has 1 heterocycles. The summed E-state index contributed by atoms with van der Waals surface area (Å²) in [6.07, 6.45) is 4.92. The summed E-state index contributed by atoms with van der Waals surface area (Å²) in [5, 5.41) is 10.8. The van der Waals surface area contributed by atoms with E-state index < -0.39 is 0 Å². The fourth-order valence-electron chi connectivity index (χ4n) is 0.798. The molecule has 0 aliphatic heterocycles. The molecule has 1 aromatic rings. The van der Waals surface area contributed by atoms with Crippen LogP contribution in [0.5, 0.6) is 0 Å². The van der Waals surface area contributed by atoms with Crippen molar-refractivity contribution in [3.8, 4) is 0 Å². The second-order valence-electron chi connectivity index (χ2n) is 2.41. The number of halogens is 1. The lowest BCUT2D eigenvalue weighted by molar-refractivity contribution is 1.10. The molecule has 1 aromatic heterocycles. The largest absolute Gasteiger partial charge is 0.394 e. The normalized spacial score (nSPS) is 10.3. The lowest BCUT2D eigenvalue weighted by Gasteiger charge is -1.97. The van der Waals surface area contributed by atoms with Crippen molar-refractivity contribution >= 4 is 17.3 Å². The Morgan fingerprint density at radius 3 is 2.92 bits per heavy atom. The van der Waals surface area contributed by atoms with Crippen molar-refractivity contribution in [1.82, 2.24) is 10.3 Å². The zero-order valence-corrected chi connectivity index (χ0v) is 7.97. The highest BCUT2D eigenvalue weighted by atomic mass is 35.5. The number of hydrogen-bond acceptors (Lipinski definition) is 3. The summed E-state index contributed by atoms with van der Waals surface area (Å²) in [4.78, 5) is 3.88. The fraction of sp³-hybridized carbons (Fsp3) is 0.111. The Hall–Kier alpha value is -1.35. The van der Waals surface area contributed by atoms with Crippen molar-refractivity contribution in [3.05, 3.63) is 41.3 Å². The molecule has 13 heavy (non-hydrogen) atoms. The minimum absolute atomic E-state index is 0.401. The molecule has 0 radical (unpaired) electrons. The van der Waals surface area contributed by atoms with Gasteiger partial charge < -0.3 is 10.7 Å². The van der Waals surface area contributed by atoms with E-state index in [1.54, 1.807) is 37.7 Å². The molecule has 0 saturated carbocycles. The molecule has 0 bridgehead atoms. The molecular weight excluding hydrogens is 186 g/mol. The van der Waals surface area contributed by atoms with E-state index >= 15 is 0 Å². The predicted octanol–water partition coefficient (Wildman–Crippen LogP) is 1.84. The first kappa shape index (κ1) is 9.74. The number of hydrogen-bond donors (Lipinski definition) is 2. The first-order chi connectivity index (χ1) is 6.24. The topological polar surface area (TPSA) is 48.8 Å². The second-order valence-corrected chi connectivity index (χ2v) is 2.79. The van der Waals surface area contributed by atoms with E-state index in [1.807, 2.05) is 0 Å². The quantitative estimate of drug-likeness (QED) is 0.571. The van der Waals surface area contributed by atoms with Crippen LogP contribution in [0.2, 0.25) is 5.15 Å². The van der Waals surface area contributed by atoms with Crippen LogP contribution in [0.15, 0.2) is 30.6 Å². The Kier molecular flexibility index (Phi) is 3.46. The van der Waals surface area contributed by atoms with Gasteiger partial charge in [-0.15, -0.1) is 0 Å². The van der Waals surface area contributed by atoms with Crippen LogP contribution in [-0.2, 0) is 0 Å². The zero-order chi connectivity index (χ0) is 9.68. The molecule has 0 aromatic carbocycles. The van der Waals surface area contributed by atoms with E-state index in [-0.39, 0.29) is 0 Å². The van der Waals surface area contributed by atoms with Crippen molar-refractivity contribution in [2.75, 3.05) is 7.05 Å². The van der Waals surface area contributed by atoms with E-state index in [4.69, 9.17) is 17.0 Å². The lowest BCUT2D eigenvalue weighted by Crippen LogP contribution is -1.99. The molecule has 3 nitrogen and oxygen atoms in total. The van der Waals surface area contributed by atoms with Gasteiger partial charge in [0.15, 0.2) is 0 Å². The van der Waals surface area contributed by atoms with Crippen molar-refractivity contribution in [2.24, 2.45) is 0 Å². The molecule has 0 aliphatic carbocycles. The Morgan fingerprint density at radius 2 is 2.38 bits per heavy atom. The van der Waals surface area contributed by atoms with E-state index in [2.05, 4.69) is 10.3 Å². The van der Waals surface area contributed by atoms with Crippen LogP contribution >= 0.6 is 11.6 Å². The Balaban J connectivity index is 2.78. The van der Waals surface area contributed by atoms with Gasteiger partial charge in [-0.05, 0) is 24.4 Å². The highest BCUT2D eigenvalue weighted by Gasteiger charge is 1.96. The molecule has 4 heteroatoms. The van der Waals surface area contributed by atoms with Gasteiger partial charge in [0.25, 0.3) is 0 Å². The Bertz CT molecular complexity index is 316. The third-order valence-electron chi connectivity index (χ3n) is 1.46. The van der Waals surface area contributed by atoms with Gasteiger partial charge in [0.2, 0.25) is 0 Å². The molecule has 2 N–H and O–H groups in total. The van der Waals surface area contributed by atoms with Crippen LogP contribution in [-0.4, -0.2) is 17.7 Å². The van der Waals surface area contributed by atoms with Gasteiger partial charge in [-0.25, -0.2) is 4.98 Å². The third kappa shape index (κ3) is 2.87. The SMILES string of the molecule is CN/C=C\C(=N)c1ccc(Cl)nc1. The van der Waals surface area contributed by atoms with E-state index in [1.165, 1.54) is 0 Å². The molecule has 0 amide bonds. The van der Waals surface area contributed by atoms with Gasteiger partial charge in [0.1, 0.15) is 5.15 Å². The van der Waals surface area contributed by atoms with Gasteiger partial charge in [-0.1, -0.05) is 11.6 Å². The summed E-state index contributed by atoms with van der Waals surface area (Å²) < 4.78 is 0. The highest BCUT2D eigenvalue weighted by Crippen LogP contribution is 2.05. The molecule has 0 unspecified atom stereocenters. The van der Waals surface area contributed by atoms with Crippen LogP contribution in [0.4, 0.5) is 0 Å². The standard InChI is InChI=1S/C9H10ClN3/c1-12-5-4-8(11)7-2-3-9(10)13-6-7/h2-6,11-12H,1H3/b5-4-,11-8?. The predicted molar refractivity (Wildman–Crippen MR) is 54.3 cm³/mol. The maximum Gasteiger partial charge on any atom is 0.129 e. The fourth-order valence-corrected chi connectivity index (χ4v) is 0.910. The van der Waals surface area contributed by atoms with Crippen LogP contribution < -0.4 is 5.32 Å². The van der Waals surface area contributed by atoms with Crippen molar-refractivity contribution in [2.45, 2.75) is 0 Å². The minimum Gasteiger partial charge on any atom is -0.394 e. The van der Waals surface area contributed by atoms with Gasteiger partial charge in [-0.3, -0.25) is 0 Å². The van der Waals surface area contributed by atoms with Crippen LogP contribution in [0.25, 0.3) is 0 Å². The maximum atomic E-state index is 7.59. The maximum absolute atomic E-state index is 7.59. The van der Waals surface area contributed by atoms with Crippen molar-refractivity contribution in [1.29, 1.82) is 5.41 Å². The number of aromatic nitrogens is 1. The van der Waals surface area contributed by atoms with E-state index in [0.717, 1.165) is 5.56 Å². The van der Waals surface area contributed by atoms with Crippen molar-refractivity contribution in [3.63, 3.8) is 0 Å². The number of nitrogens with one attached hydrogen (secondary N) is 2. The van der Waals surface area contributed by atoms with Gasteiger partial charge >= 0.3 is 0 Å². The van der Waals surface area contributed by atoms with Crippen LogP contribution in [0, 0.1) is 5.41 Å². The first-order valence-corrected chi connectivity index (χ1v) is 4.16. The lowest BCUT2D eigenvalue weighted by atomic mass is 10.2. The van der Waals surface area contributed by atoms with Gasteiger partial charge in [0.05, 0.1) is 5.71 Å². The van der Waals surface area contributed by atoms with Crippen molar-refractivity contribution < 1.29 is 0 Å². The number of rotatable bonds is 3. The molecule has 0 aliphatic rings. The average Bonchev–Trinajstić information content (AvgIpc) is 2.15. The third-order valence-corrected chi connectivity index (χ3v) is 1.68. The number of nitrogens with zero attached hydrogens (tertiary/aromatic N) is 1. The molecule has 1 rings (SSSR count). The van der Waals surface area contributed by atoms with Gasteiger partial charge in [-0.2, -0.15) is 0 Å². The molecule has 0 spiro atoms.